The molecule has 3 heterocycles. The number of nitrogens with one attached hydrogen (secondary N) is 1. The van der Waals surface area contributed by atoms with Crippen LogP contribution in [0.3, 0.4) is 0 Å². The van der Waals surface area contributed by atoms with E-state index in [-0.39, 0.29) is 11.4 Å². The van der Waals surface area contributed by atoms with Crippen molar-refractivity contribution in [3.8, 4) is 0 Å². The van der Waals surface area contributed by atoms with Crippen LogP contribution in [0.15, 0.2) is 24.4 Å². The molecule has 0 spiro atoms. The lowest BCUT2D eigenvalue weighted by molar-refractivity contribution is -0.119. The summed E-state index contributed by atoms with van der Waals surface area (Å²) in [6.07, 6.45) is 2.94. The fourth-order valence-electron chi connectivity index (χ4n) is 3.18. The molecule has 0 radical (unpaired) electrons. The van der Waals surface area contributed by atoms with Gasteiger partial charge in [0.2, 0.25) is 5.91 Å². The van der Waals surface area contributed by atoms with Gasteiger partial charge in [0.05, 0.1) is 24.7 Å². The summed E-state index contributed by atoms with van der Waals surface area (Å²) in [7, 11) is 0. The Kier molecular flexibility index (Phi) is 6.83. The highest BCUT2D eigenvalue weighted by Gasteiger charge is 2.40. The van der Waals surface area contributed by atoms with Crippen LogP contribution in [-0.2, 0) is 15.3 Å². The zero-order valence-corrected chi connectivity index (χ0v) is 15.5. The minimum Gasteiger partial charge on any atom is -0.379 e. The van der Waals surface area contributed by atoms with Crippen molar-refractivity contribution >= 4 is 29.4 Å². The Morgan fingerprint density at radius 3 is 3.00 bits per heavy atom. The number of carbonyl (C=O) groups excluding carboxylic acids is 1. The summed E-state index contributed by atoms with van der Waals surface area (Å²) in [6.45, 7) is 4.32. The van der Waals surface area contributed by atoms with E-state index in [4.69, 9.17) is 4.74 Å². The molecule has 0 saturated carbocycles. The first kappa shape index (κ1) is 18.0. The van der Waals surface area contributed by atoms with Crippen LogP contribution >= 0.6 is 23.5 Å². The summed E-state index contributed by atoms with van der Waals surface area (Å²) >= 11 is 3.61. The van der Waals surface area contributed by atoms with Crippen molar-refractivity contribution in [3.05, 3.63) is 30.1 Å². The van der Waals surface area contributed by atoms with Crippen LogP contribution in [0, 0.1) is 0 Å². The smallest absolute Gasteiger partial charge is 0.230 e. The minimum atomic E-state index is 0.121. The highest BCUT2D eigenvalue weighted by Crippen LogP contribution is 2.33. The number of amides is 1. The first-order valence-corrected chi connectivity index (χ1v) is 10.7. The summed E-state index contributed by atoms with van der Waals surface area (Å²) in [4.78, 5) is 19.0. The number of ether oxygens (including phenoxy) is 1. The van der Waals surface area contributed by atoms with Gasteiger partial charge in [-0.3, -0.25) is 14.7 Å². The quantitative estimate of drug-likeness (QED) is 0.791. The van der Waals surface area contributed by atoms with Crippen molar-refractivity contribution in [1.29, 1.82) is 0 Å². The SMILES string of the molecule is O=C(CSCc1ccccn1)NCC1(N2CCOCC2)CCSC1. The Morgan fingerprint density at radius 1 is 1.42 bits per heavy atom. The highest BCUT2D eigenvalue weighted by atomic mass is 32.2. The Labute approximate surface area is 152 Å². The zero-order chi connectivity index (χ0) is 16.7. The summed E-state index contributed by atoms with van der Waals surface area (Å²) < 4.78 is 5.48. The third-order valence-electron chi connectivity index (χ3n) is 4.59. The van der Waals surface area contributed by atoms with E-state index in [2.05, 4.69) is 15.2 Å². The lowest BCUT2D eigenvalue weighted by Crippen LogP contribution is -2.59. The van der Waals surface area contributed by atoms with Gasteiger partial charge >= 0.3 is 0 Å². The van der Waals surface area contributed by atoms with Crippen LogP contribution in [0.4, 0.5) is 0 Å². The molecule has 1 atom stereocenters. The fraction of sp³-hybridized carbons (Fsp3) is 0.647. The molecule has 1 aromatic heterocycles. The predicted octanol–water partition coefficient (Wildman–Crippen LogP) is 1.64. The molecule has 2 fully saturated rings. The van der Waals surface area contributed by atoms with E-state index in [0.717, 1.165) is 56.5 Å². The molecule has 5 nitrogen and oxygen atoms in total. The largest absolute Gasteiger partial charge is 0.379 e. The first-order valence-electron chi connectivity index (χ1n) is 8.43. The molecule has 0 bridgehead atoms. The molecule has 1 aromatic rings. The van der Waals surface area contributed by atoms with Gasteiger partial charge in [-0.2, -0.15) is 11.8 Å². The van der Waals surface area contributed by atoms with Crippen LogP contribution in [0.5, 0.6) is 0 Å². The molecular formula is C17H25N3O2S2. The molecule has 2 saturated heterocycles. The second kappa shape index (κ2) is 9.08. The van der Waals surface area contributed by atoms with Gasteiger partial charge in [-0.25, -0.2) is 0 Å². The summed E-state index contributed by atoms with van der Waals surface area (Å²) in [5.41, 5.74) is 1.14. The number of nitrogens with zero attached hydrogens (tertiary/aromatic N) is 2. The second-order valence-corrected chi connectivity index (χ2v) is 8.31. The van der Waals surface area contributed by atoms with E-state index in [1.165, 1.54) is 5.75 Å². The molecule has 1 unspecified atom stereocenters. The van der Waals surface area contributed by atoms with Crippen molar-refractivity contribution < 1.29 is 9.53 Å². The zero-order valence-electron chi connectivity index (χ0n) is 13.9. The third kappa shape index (κ3) is 4.88. The summed E-state index contributed by atoms with van der Waals surface area (Å²) in [6, 6.07) is 5.88. The van der Waals surface area contributed by atoms with E-state index in [1.54, 1.807) is 18.0 Å². The predicted molar refractivity (Wildman–Crippen MR) is 100 cm³/mol. The lowest BCUT2D eigenvalue weighted by Gasteiger charge is -2.43. The third-order valence-corrected chi connectivity index (χ3v) is 6.79. The Bertz CT molecular complexity index is 518. The number of carbonyl (C=O) groups is 1. The highest BCUT2D eigenvalue weighted by molar-refractivity contribution is 7.99. The maximum atomic E-state index is 12.2. The Hall–Kier alpha value is -0.760. The standard InChI is InChI=1S/C17H25N3O2S2/c21-16(12-24-11-15-3-1-2-5-18-15)19-13-17(4-10-23-14-17)20-6-8-22-9-7-20/h1-3,5H,4,6-14H2,(H,19,21). The van der Waals surface area contributed by atoms with E-state index >= 15 is 0 Å². The Balaban J connectivity index is 1.43. The molecular weight excluding hydrogens is 342 g/mol. The number of aromatic nitrogens is 1. The molecule has 24 heavy (non-hydrogen) atoms. The topological polar surface area (TPSA) is 54.5 Å². The number of hydrogen-bond donors (Lipinski definition) is 1. The number of hydrogen-bond acceptors (Lipinski definition) is 6. The molecule has 3 rings (SSSR count). The van der Waals surface area contributed by atoms with Gasteiger partial charge in [0, 0.05) is 42.9 Å². The first-order chi connectivity index (χ1) is 11.8. The normalized spacial score (nSPS) is 24.8. The summed E-state index contributed by atoms with van der Waals surface area (Å²) in [5.74, 6) is 3.68. The maximum Gasteiger partial charge on any atom is 0.230 e. The molecule has 2 aliphatic rings. The number of pyridine rings is 1. The van der Waals surface area contributed by atoms with Crippen LogP contribution in [0.25, 0.3) is 0 Å². The van der Waals surface area contributed by atoms with Gasteiger partial charge in [0.1, 0.15) is 0 Å². The molecule has 0 aromatic carbocycles. The van der Waals surface area contributed by atoms with Gasteiger partial charge in [-0.15, -0.1) is 11.8 Å². The number of morpholine rings is 1. The molecule has 132 valence electrons. The van der Waals surface area contributed by atoms with Crippen molar-refractivity contribution in [1.82, 2.24) is 15.2 Å². The van der Waals surface area contributed by atoms with Crippen molar-refractivity contribution in [2.75, 3.05) is 50.1 Å². The lowest BCUT2D eigenvalue weighted by atomic mass is 9.95. The molecule has 1 N–H and O–H groups in total. The van der Waals surface area contributed by atoms with Crippen LogP contribution < -0.4 is 5.32 Å². The maximum absolute atomic E-state index is 12.2. The molecule has 1 amide bonds. The van der Waals surface area contributed by atoms with Crippen LogP contribution in [-0.4, -0.2) is 71.4 Å². The van der Waals surface area contributed by atoms with Gasteiger partial charge < -0.3 is 10.1 Å². The molecule has 7 heteroatoms. The van der Waals surface area contributed by atoms with E-state index in [9.17, 15) is 4.79 Å². The van der Waals surface area contributed by atoms with Gasteiger partial charge in [0.25, 0.3) is 0 Å². The average Bonchev–Trinajstić information content (AvgIpc) is 3.12. The number of rotatable bonds is 7. The minimum absolute atomic E-state index is 0.121. The molecule has 0 aliphatic carbocycles. The monoisotopic (exact) mass is 367 g/mol. The fourth-order valence-corrected chi connectivity index (χ4v) is 5.43. The Morgan fingerprint density at radius 2 is 2.29 bits per heavy atom. The molecule has 2 aliphatic heterocycles. The van der Waals surface area contributed by atoms with E-state index in [0.29, 0.717) is 5.75 Å². The van der Waals surface area contributed by atoms with Crippen LogP contribution in [0.1, 0.15) is 12.1 Å². The van der Waals surface area contributed by atoms with Gasteiger partial charge in [0.15, 0.2) is 0 Å². The van der Waals surface area contributed by atoms with E-state index in [1.807, 2.05) is 30.0 Å². The van der Waals surface area contributed by atoms with Crippen molar-refractivity contribution in [2.24, 2.45) is 0 Å². The second-order valence-electron chi connectivity index (χ2n) is 6.22. The van der Waals surface area contributed by atoms with Crippen molar-refractivity contribution in [2.45, 2.75) is 17.7 Å². The summed E-state index contributed by atoms with van der Waals surface area (Å²) in [5, 5.41) is 3.17. The number of thioether (sulfide) groups is 2. The van der Waals surface area contributed by atoms with Crippen LogP contribution in [0.2, 0.25) is 0 Å². The van der Waals surface area contributed by atoms with E-state index < -0.39 is 0 Å². The van der Waals surface area contributed by atoms with Crippen molar-refractivity contribution in [3.63, 3.8) is 0 Å². The van der Waals surface area contributed by atoms with Gasteiger partial charge in [-0.1, -0.05) is 6.07 Å². The average molecular weight is 368 g/mol. The van der Waals surface area contributed by atoms with Gasteiger partial charge in [-0.05, 0) is 24.3 Å².